The first-order chi connectivity index (χ1) is 9.94. The molecule has 21 heavy (non-hydrogen) atoms. The van der Waals surface area contributed by atoms with Crippen LogP contribution in [0.15, 0.2) is 28.7 Å². The summed E-state index contributed by atoms with van der Waals surface area (Å²) in [5, 5.41) is 5.64. The van der Waals surface area contributed by atoms with E-state index in [4.69, 9.17) is 0 Å². The molecule has 2 N–H and O–H groups in total. The summed E-state index contributed by atoms with van der Waals surface area (Å²) in [5.41, 5.74) is 1.38. The highest BCUT2D eigenvalue weighted by Gasteiger charge is 2.24. The third kappa shape index (κ3) is 3.78. The number of aromatic nitrogens is 2. The van der Waals surface area contributed by atoms with Gasteiger partial charge in [0.1, 0.15) is 5.01 Å². The van der Waals surface area contributed by atoms with Gasteiger partial charge in [0.25, 0.3) is 10.0 Å². The Kier molecular flexibility index (Phi) is 4.92. The zero-order valence-corrected chi connectivity index (χ0v) is 13.8. The van der Waals surface area contributed by atoms with Gasteiger partial charge < -0.3 is 5.32 Å². The van der Waals surface area contributed by atoms with Gasteiger partial charge in [0.2, 0.25) is 0 Å². The molecule has 2 rings (SSSR count). The molecular weight excluding hydrogens is 308 g/mol. The molecule has 0 aliphatic carbocycles. The Balaban J connectivity index is 2.26. The summed E-state index contributed by atoms with van der Waals surface area (Å²) < 4.78 is 27.6. The number of rotatable bonds is 6. The number of anilines is 1. The molecule has 2 aromatic heterocycles. The van der Waals surface area contributed by atoms with Crippen LogP contribution in [0.1, 0.15) is 30.6 Å². The lowest BCUT2D eigenvalue weighted by molar-refractivity contribution is 0.563. The number of sulfonamides is 1. The van der Waals surface area contributed by atoms with E-state index in [9.17, 15) is 8.42 Å². The van der Waals surface area contributed by atoms with Crippen LogP contribution in [0.3, 0.4) is 0 Å². The van der Waals surface area contributed by atoms with Crippen molar-refractivity contribution < 1.29 is 8.42 Å². The van der Waals surface area contributed by atoms with Crippen LogP contribution in [0.25, 0.3) is 0 Å². The second kappa shape index (κ2) is 6.50. The van der Waals surface area contributed by atoms with E-state index in [1.165, 1.54) is 17.5 Å². The molecule has 1 unspecified atom stereocenters. The fourth-order valence-corrected chi connectivity index (χ4v) is 4.04. The average molecular weight is 326 g/mol. The maximum atomic E-state index is 12.5. The number of thiazole rings is 1. The zero-order valence-electron chi connectivity index (χ0n) is 12.1. The lowest BCUT2D eigenvalue weighted by atomic mass is 10.4. The van der Waals surface area contributed by atoms with Crippen LogP contribution in [-0.2, 0) is 10.0 Å². The number of hydrogen-bond acceptors (Lipinski definition) is 6. The largest absolute Gasteiger partial charge is 0.383 e. The molecule has 0 bridgehead atoms. The maximum Gasteiger partial charge on any atom is 0.260 e. The summed E-state index contributed by atoms with van der Waals surface area (Å²) in [7, 11) is -3.71. The standard InChI is InChI=1S/C13H18N4O2S2/c1-4-14-11-6-5-7-15-13(11)21(18,19)17-10(3)12-16-9(2)8-20-12/h5-8,10,14,17H,4H2,1-3H3. The number of aryl methyl sites for hydroxylation is 1. The topological polar surface area (TPSA) is 84.0 Å². The lowest BCUT2D eigenvalue weighted by Gasteiger charge is -2.14. The molecule has 2 aromatic rings. The molecule has 0 radical (unpaired) electrons. The first kappa shape index (κ1) is 15.9. The van der Waals surface area contributed by atoms with Gasteiger partial charge >= 0.3 is 0 Å². The molecule has 0 spiro atoms. The van der Waals surface area contributed by atoms with Crippen LogP contribution in [0.5, 0.6) is 0 Å². The molecule has 1 atom stereocenters. The Labute approximate surface area is 128 Å². The predicted octanol–water partition coefficient (Wildman–Crippen LogP) is 2.32. The summed E-state index contributed by atoms with van der Waals surface area (Å²) in [6.45, 7) is 6.17. The number of nitrogens with one attached hydrogen (secondary N) is 2. The highest BCUT2D eigenvalue weighted by Crippen LogP contribution is 2.22. The second-order valence-electron chi connectivity index (χ2n) is 4.56. The quantitative estimate of drug-likeness (QED) is 0.851. The van der Waals surface area contributed by atoms with Gasteiger partial charge in [0, 0.05) is 23.8 Å². The van der Waals surface area contributed by atoms with Crippen molar-refractivity contribution in [3.8, 4) is 0 Å². The number of nitrogens with zero attached hydrogens (tertiary/aromatic N) is 2. The molecule has 114 valence electrons. The van der Waals surface area contributed by atoms with Crippen molar-refractivity contribution >= 4 is 27.0 Å². The Hall–Kier alpha value is -1.51. The van der Waals surface area contributed by atoms with Gasteiger partial charge in [-0.25, -0.2) is 23.1 Å². The minimum Gasteiger partial charge on any atom is -0.383 e. The highest BCUT2D eigenvalue weighted by molar-refractivity contribution is 7.89. The first-order valence-electron chi connectivity index (χ1n) is 6.57. The second-order valence-corrected chi connectivity index (χ2v) is 7.08. The SMILES string of the molecule is CCNc1cccnc1S(=O)(=O)NC(C)c1nc(C)cs1. The molecular formula is C13H18N4O2S2. The molecule has 0 saturated heterocycles. The molecule has 8 heteroatoms. The minimum absolute atomic E-state index is 0.00646. The van der Waals surface area contributed by atoms with E-state index in [0.29, 0.717) is 12.2 Å². The van der Waals surface area contributed by atoms with E-state index < -0.39 is 16.1 Å². The van der Waals surface area contributed by atoms with Crippen LogP contribution >= 0.6 is 11.3 Å². The molecule has 0 aliphatic heterocycles. The fourth-order valence-electron chi connectivity index (χ4n) is 1.84. The van der Waals surface area contributed by atoms with Crippen molar-refractivity contribution in [2.24, 2.45) is 0 Å². The van der Waals surface area contributed by atoms with Crippen LogP contribution in [0, 0.1) is 6.92 Å². The molecule has 0 aromatic carbocycles. The van der Waals surface area contributed by atoms with Crippen LogP contribution in [0.2, 0.25) is 0 Å². The normalized spacial score (nSPS) is 13.1. The van der Waals surface area contributed by atoms with Crippen molar-refractivity contribution in [2.45, 2.75) is 31.8 Å². The summed E-state index contributed by atoms with van der Waals surface area (Å²) in [5.74, 6) is 0. The van der Waals surface area contributed by atoms with Crippen molar-refractivity contribution in [2.75, 3.05) is 11.9 Å². The van der Waals surface area contributed by atoms with Gasteiger partial charge in [0.05, 0.1) is 11.7 Å². The van der Waals surface area contributed by atoms with Gasteiger partial charge in [-0.05, 0) is 32.9 Å². The molecule has 2 heterocycles. The zero-order chi connectivity index (χ0) is 15.5. The molecule has 0 saturated carbocycles. The third-order valence-electron chi connectivity index (χ3n) is 2.73. The van der Waals surface area contributed by atoms with Gasteiger partial charge in [-0.1, -0.05) is 0 Å². The van der Waals surface area contributed by atoms with Gasteiger partial charge in [-0.3, -0.25) is 0 Å². The van der Waals surface area contributed by atoms with Crippen molar-refractivity contribution in [3.63, 3.8) is 0 Å². The van der Waals surface area contributed by atoms with Gasteiger partial charge in [-0.15, -0.1) is 11.3 Å². The lowest BCUT2D eigenvalue weighted by Crippen LogP contribution is -2.28. The van der Waals surface area contributed by atoms with Crippen LogP contribution < -0.4 is 10.0 Å². The summed E-state index contributed by atoms with van der Waals surface area (Å²) in [6, 6.07) is 3.00. The first-order valence-corrected chi connectivity index (χ1v) is 8.93. The monoisotopic (exact) mass is 326 g/mol. The Morgan fingerprint density at radius 2 is 2.19 bits per heavy atom. The average Bonchev–Trinajstić information content (AvgIpc) is 2.86. The Morgan fingerprint density at radius 1 is 1.43 bits per heavy atom. The van der Waals surface area contributed by atoms with Crippen molar-refractivity contribution in [1.29, 1.82) is 0 Å². The van der Waals surface area contributed by atoms with Gasteiger partial charge in [0.15, 0.2) is 5.03 Å². The molecule has 0 fully saturated rings. The van der Waals surface area contributed by atoms with E-state index in [2.05, 4.69) is 20.0 Å². The van der Waals surface area contributed by atoms with Gasteiger partial charge in [-0.2, -0.15) is 0 Å². The maximum absolute atomic E-state index is 12.5. The highest BCUT2D eigenvalue weighted by atomic mass is 32.2. The Morgan fingerprint density at radius 3 is 2.81 bits per heavy atom. The predicted molar refractivity (Wildman–Crippen MR) is 84.0 cm³/mol. The van der Waals surface area contributed by atoms with E-state index in [1.54, 1.807) is 19.1 Å². The third-order valence-corrected chi connectivity index (χ3v) is 5.38. The van der Waals surface area contributed by atoms with E-state index in [-0.39, 0.29) is 5.03 Å². The molecule has 0 amide bonds. The van der Waals surface area contributed by atoms with E-state index in [0.717, 1.165) is 10.7 Å². The number of pyridine rings is 1. The minimum atomic E-state index is -3.71. The summed E-state index contributed by atoms with van der Waals surface area (Å²) in [4.78, 5) is 8.29. The van der Waals surface area contributed by atoms with E-state index >= 15 is 0 Å². The molecule has 6 nitrogen and oxygen atoms in total. The fraction of sp³-hybridized carbons (Fsp3) is 0.385. The van der Waals surface area contributed by atoms with E-state index in [1.807, 2.05) is 19.2 Å². The number of hydrogen-bond donors (Lipinski definition) is 2. The summed E-state index contributed by atoms with van der Waals surface area (Å²) in [6.07, 6.45) is 1.47. The van der Waals surface area contributed by atoms with Crippen molar-refractivity contribution in [3.05, 3.63) is 34.4 Å². The van der Waals surface area contributed by atoms with Crippen LogP contribution in [0.4, 0.5) is 5.69 Å². The van der Waals surface area contributed by atoms with Crippen LogP contribution in [-0.4, -0.2) is 24.9 Å². The van der Waals surface area contributed by atoms with Crippen molar-refractivity contribution in [1.82, 2.24) is 14.7 Å². The smallest absolute Gasteiger partial charge is 0.260 e. The Bertz CT molecular complexity index is 712. The molecule has 0 aliphatic rings. The summed E-state index contributed by atoms with van der Waals surface area (Å²) >= 11 is 1.43.